The Morgan fingerprint density at radius 3 is 2.71 bits per heavy atom. The number of nitrogens with zero attached hydrogens (tertiary/aromatic N) is 1. The molecule has 0 aromatic heterocycles. The van der Waals surface area contributed by atoms with Gasteiger partial charge in [0.25, 0.3) is 0 Å². The zero-order valence-corrected chi connectivity index (χ0v) is 14.6. The minimum Gasteiger partial charge on any atom is -0.369 e. The standard InChI is InChI=1S/C17H23N3O3S/c1-12(17(23)20-9-5-6-13(10-20)16(18)22)24-11-15(21)19-14-7-3-2-4-8-14/h2-4,7-8,12-13H,5-6,9-11H2,1H3,(H2,18,22)(H,19,21). The van der Waals surface area contributed by atoms with E-state index in [0.717, 1.165) is 18.5 Å². The molecule has 3 amide bonds. The van der Waals surface area contributed by atoms with E-state index in [-0.39, 0.29) is 34.6 Å². The number of hydrogen-bond donors (Lipinski definition) is 2. The molecule has 0 aliphatic carbocycles. The van der Waals surface area contributed by atoms with Crippen molar-refractivity contribution >= 4 is 35.2 Å². The lowest BCUT2D eigenvalue weighted by molar-refractivity contribution is -0.134. The molecule has 2 unspecified atom stereocenters. The van der Waals surface area contributed by atoms with Crippen LogP contribution in [0.1, 0.15) is 19.8 Å². The molecule has 24 heavy (non-hydrogen) atoms. The number of carbonyl (C=O) groups is 3. The fourth-order valence-corrected chi connectivity index (χ4v) is 3.42. The summed E-state index contributed by atoms with van der Waals surface area (Å²) in [5, 5.41) is 2.46. The van der Waals surface area contributed by atoms with Gasteiger partial charge in [0.1, 0.15) is 0 Å². The average Bonchev–Trinajstić information content (AvgIpc) is 2.60. The van der Waals surface area contributed by atoms with E-state index in [1.807, 2.05) is 30.3 Å². The summed E-state index contributed by atoms with van der Waals surface area (Å²) < 4.78 is 0. The highest BCUT2D eigenvalue weighted by Gasteiger charge is 2.29. The minimum atomic E-state index is -0.352. The molecule has 2 rings (SSSR count). The van der Waals surface area contributed by atoms with Gasteiger partial charge >= 0.3 is 0 Å². The van der Waals surface area contributed by atoms with Gasteiger partial charge in [-0.1, -0.05) is 18.2 Å². The van der Waals surface area contributed by atoms with Crippen LogP contribution in [0.15, 0.2) is 30.3 Å². The van der Waals surface area contributed by atoms with Crippen LogP contribution in [0.25, 0.3) is 0 Å². The number of likely N-dealkylation sites (tertiary alicyclic amines) is 1. The third kappa shape index (κ3) is 5.26. The van der Waals surface area contributed by atoms with Crippen LogP contribution in [-0.2, 0) is 14.4 Å². The van der Waals surface area contributed by atoms with E-state index in [1.54, 1.807) is 11.8 Å². The summed E-state index contributed by atoms with van der Waals surface area (Å²) in [6.45, 7) is 2.82. The quantitative estimate of drug-likeness (QED) is 0.813. The summed E-state index contributed by atoms with van der Waals surface area (Å²) in [5.41, 5.74) is 6.08. The van der Waals surface area contributed by atoms with E-state index in [0.29, 0.717) is 13.1 Å². The number of piperidine rings is 1. The van der Waals surface area contributed by atoms with E-state index in [1.165, 1.54) is 11.8 Å². The number of amides is 3. The Morgan fingerprint density at radius 2 is 2.04 bits per heavy atom. The molecule has 1 aliphatic rings. The van der Waals surface area contributed by atoms with E-state index in [9.17, 15) is 14.4 Å². The van der Waals surface area contributed by atoms with E-state index < -0.39 is 0 Å². The molecule has 3 N–H and O–H groups in total. The van der Waals surface area contributed by atoms with Crippen LogP contribution in [0.4, 0.5) is 5.69 Å². The lowest BCUT2D eigenvalue weighted by Crippen LogP contribution is -2.46. The van der Waals surface area contributed by atoms with Crippen LogP contribution in [0, 0.1) is 5.92 Å². The van der Waals surface area contributed by atoms with Crippen LogP contribution < -0.4 is 11.1 Å². The maximum absolute atomic E-state index is 12.5. The van der Waals surface area contributed by atoms with Crippen molar-refractivity contribution in [2.45, 2.75) is 25.0 Å². The van der Waals surface area contributed by atoms with Gasteiger partial charge in [-0.3, -0.25) is 14.4 Å². The molecule has 0 spiro atoms. The fraction of sp³-hybridized carbons (Fsp3) is 0.471. The third-order valence-electron chi connectivity index (χ3n) is 4.01. The topological polar surface area (TPSA) is 92.5 Å². The Bertz CT molecular complexity index is 594. The van der Waals surface area contributed by atoms with Crippen molar-refractivity contribution in [3.05, 3.63) is 30.3 Å². The first kappa shape index (κ1) is 18.3. The molecule has 6 nitrogen and oxygen atoms in total. The highest BCUT2D eigenvalue weighted by atomic mass is 32.2. The Morgan fingerprint density at radius 1 is 1.33 bits per heavy atom. The Kier molecular flexibility index (Phi) is 6.66. The number of nitrogens with two attached hydrogens (primary N) is 1. The van der Waals surface area contributed by atoms with Crippen molar-refractivity contribution in [2.24, 2.45) is 11.7 Å². The summed E-state index contributed by atoms with van der Waals surface area (Å²) in [6.07, 6.45) is 1.52. The van der Waals surface area contributed by atoms with Crippen molar-refractivity contribution in [3.8, 4) is 0 Å². The van der Waals surface area contributed by atoms with Gasteiger partial charge in [0, 0.05) is 18.8 Å². The molecule has 1 heterocycles. The van der Waals surface area contributed by atoms with E-state index >= 15 is 0 Å². The summed E-state index contributed by atoms with van der Waals surface area (Å²) in [5.74, 6) is -0.594. The molecule has 1 aromatic rings. The highest BCUT2D eigenvalue weighted by Crippen LogP contribution is 2.20. The number of thioether (sulfide) groups is 1. The van der Waals surface area contributed by atoms with Crippen LogP contribution in [0.2, 0.25) is 0 Å². The second-order valence-corrected chi connectivity index (χ2v) is 7.22. The van der Waals surface area contributed by atoms with Crippen molar-refractivity contribution in [2.75, 3.05) is 24.2 Å². The van der Waals surface area contributed by atoms with Crippen molar-refractivity contribution in [1.29, 1.82) is 0 Å². The molecule has 0 saturated carbocycles. The number of carbonyl (C=O) groups excluding carboxylic acids is 3. The summed E-state index contributed by atoms with van der Waals surface area (Å²) >= 11 is 1.30. The van der Waals surface area contributed by atoms with Crippen LogP contribution >= 0.6 is 11.8 Å². The smallest absolute Gasteiger partial charge is 0.235 e. The van der Waals surface area contributed by atoms with Crippen LogP contribution in [0.5, 0.6) is 0 Å². The largest absolute Gasteiger partial charge is 0.369 e. The summed E-state index contributed by atoms with van der Waals surface area (Å²) in [4.78, 5) is 37.4. The maximum atomic E-state index is 12.5. The van der Waals surface area contributed by atoms with Gasteiger partial charge in [-0.2, -0.15) is 0 Å². The Labute approximate surface area is 146 Å². The van der Waals surface area contributed by atoms with Crippen molar-refractivity contribution in [1.82, 2.24) is 4.90 Å². The van der Waals surface area contributed by atoms with Crippen LogP contribution in [-0.4, -0.2) is 46.7 Å². The number of hydrogen-bond acceptors (Lipinski definition) is 4. The molecule has 2 atom stereocenters. The van der Waals surface area contributed by atoms with E-state index in [2.05, 4.69) is 5.32 Å². The summed E-state index contributed by atoms with van der Waals surface area (Å²) in [7, 11) is 0. The summed E-state index contributed by atoms with van der Waals surface area (Å²) in [6, 6.07) is 9.20. The predicted octanol–water partition coefficient (Wildman–Crippen LogP) is 1.47. The lowest BCUT2D eigenvalue weighted by atomic mass is 9.97. The lowest BCUT2D eigenvalue weighted by Gasteiger charge is -2.32. The molecule has 0 bridgehead atoms. The first-order chi connectivity index (χ1) is 11.5. The van der Waals surface area contributed by atoms with Gasteiger partial charge in [0.05, 0.1) is 16.9 Å². The number of primary amides is 1. The van der Waals surface area contributed by atoms with E-state index in [4.69, 9.17) is 5.73 Å². The van der Waals surface area contributed by atoms with Gasteiger partial charge in [0.2, 0.25) is 17.7 Å². The molecular weight excluding hydrogens is 326 g/mol. The predicted molar refractivity (Wildman–Crippen MR) is 95.5 cm³/mol. The Hall–Kier alpha value is -2.02. The van der Waals surface area contributed by atoms with Crippen molar-refractivity contribution in [3.63, 3.8) is 0 Å². The average molecular weight is 349 g/mol. The second kappa shape index (κ2) is 8.73. The van der Waals surface area contributed by atoms with Gasteiger partial charge < -0.3 is 16.0 Å². The third-order valence-corrected chi connectivity index (χ3v) is 5.14. The molecule has 1 aromatic carbocycles. The van der Waals surface area contributed by atoms with Gasteiger partial charge in [-0.05, 0) is 31.9 Å². The molecular formula is C17H23N3O3S. The first-order valence-electron chi connectivity index (χ1n) is 8.02. The zero-order chi connectivity index (χ0) is 17.5. The Balaban J connectivity index is 1.79. The van der Waals surface area contributed by atoms with Crippen molar-refractivity contribution < 1.29 is 14.4 Å². The second-order valence-electron chi connectivity index (χ2n) is 5.89. The minimum absolute atomic E-state index is 0.0431. The molecule has 1 aliphatic heterocycles. The monoisotopic (exact) mass is 349 g/mol. The number of anilines is 1. The molecule has 130 valence electrons. The number of nitrogens with one attached hydrogen (secondary N) is 1. The highest BCUT2D eigenvalue weighted by molar-refractivity contribution is 8.01. The molecule has 7 heteroatoms. The number of benzene rings is 1. The molecule has 1 fully saturated rings. The van der Waals surface area contributed by atoms with Gasteiger partial charge in [0.15, 0.2) is 0 Å². The first-order valence-corrected chi connectivity index (χ1v) is 9.07. The maximum Gasteiger partial charge on any atom is 0.235 e. The molecule has 0 radical (unpaired) electrons. The fourth-order valence-electron chi connectivity index (χ4n) is 2.66. The van der Waals surface area contributed by atoms with Gasteiger partial charge in [-0.15, -0.1) is 11.8 Å². The number of para-hydroxylation sites is 1. The normalized spacial score (nSPS) is 18.7. The zero-order valence-electron chi connectivity index (χ0n) is 13.7. The SMILES string of the molecule is CC(SCC(=O)Nc1ccccc1)C(=O)N1CCCC(C(N)=O)C1. The van der Waals surface area contributed by atoms with Gasteiger partial charge in [-0.25, -0.2) is 0 Å². The number of rotatable bonds is 6. The molecule has 1 saturated heterocycles. The van der Waals surface area contributed by atoms with Crippen LogP contribution in [0.3, 0.4) is 0 Å².